The van der Waals surface area contributed by atoms with E-state index in [4.69, 9.17) is 10.4 Å². The fraction of sp³-hybridized carbons (Fsp3) is 0.100. The van der Waals surface area contributed by atoms with Crippen molar-refractivity contribution in [2.45, 2.75) is 0 Å². The second kappa shape index (κ2) is 4.29. The summed E-state index contributed by atoms with van der Waals surface area (Å²) in [4.78, 5) is 0. The van der Waals surface area contributed by atoms with E-state index >= 15 is 0 Å². The molecule has 1 rings (SSSR count). The van der Waals surface area contributed by atoms with E-state index in [0.29, 0.717) is 11.1 Å². The van der Waals surface area contributed by atoms with Crippen molar-refractivity contribution in [2.24, 2.45) is 0 Å². The summed E-state index contributed by atoms with van der Waals surface area (Å²) in [5.74, 6) is 0.101. The lowest BCUT2D eigenvalue weighted by atomic mass is 10.1. The number of aromatic hydroxyl groups is 1. The number of aliphatic hydroxyl groups excluding tert-OH is 1. The van der Waals surface area contributed by atoms with E-state index in [1.807, 2.05) is 6.07 Å². The van der Waals surface area contributed by atoms with Gasteiger partial charge in [-0.1, -0.05) is 12.2 Å². The van der Waals surface area contributed by atoms with E-state index in [0.717, 1.165) is 0 Å². The van der Waals surface area contributed by atoms with Gasteiger partial charge in [-0.05, 0) is 18.2 Å². The molecule has 0 radical (unpaired) electrons. The van der Waals surface area contributed by atoms with Crippen LogP contribution in [0.1, 0.15) is 11.1 Å². The standard InChI is InChI=1S/C10H9NO2/c11-7-8-3-4-10(13)9(6-8)2-1-5-12/h1-4,6,12-13H,5H2. The van der Waals surface area contributed by atoms with E-state index < -0.39 is 0 Å². The zero-order valence-electron chi connectivity index (χ0n) is 6.94. The minimum atomic E-state index is -0.0871. The number of hydrogen-bond acceptors (Lipinski definition) is 3. The maximum atomic E-state index is 9.31. The monoisotopic (exact) mass is 175 g/mol. The van der Waals surface area contributed by atoms with Crippen molar-refractivity contribution in [3.63, 3.8) is 0 Å². The van der Waals surface area contributed by atoms with Gasteiger partial charge in [0, 0.05) is 5.56 Å². The van der Waals surface area contributed by atoms with Crippen LogP contribution in [0.15, 0.2) is 24.3 Å². The Bertz CT molecular complexity index is 364. The molecule has 0 saturated carbocycles. The number of benzene rings is 1. The van der Waals surface area contributed by atoms with Crippen molar-refractivity contribution in [1.82, 2.24) is 0 Å². The van der Waals surface area contributed by atoms with Crippen molar-refractivity contribution in [3.05, 3.63) is 35.4 Å². The summed E-state index contributed by atoms with van der Waals surface area (Å²) in [6, 6.07) is 6.51. The molecule has 0 fully saturated rings. The number of phenolic OH excluding ortho intramolecular Hbond substituents is 1. The average molecular weight is 175 g/mol. The van der Waals surface area contributed by atoms with E-state index in [-0.39, 0.29) is 12.4 Å². The van der Waals surface area contributed by atoms with Crippen LogP contribution in [0.25, 0.3) is 6.08 Å². The van der Waals surface area contributed by atoms with Crippen LogP contribution in [-0.2, 0) is 0 Å². The van der Waals surface area contributed by atoms with Gasteiger partial charge in [0.2, 0.25) is 0 Å². The largest absolute Gasteiger partial charge is 0.507 e. The highest BCUT2D eigenvalue weighted by Gasteiger charge is 1.98. The number of aliphatic hydroxyl groups is 1. The first-order chi connectivity index (χ1) is 6.27. The second-order valence-electron chi connectivity index (χ2n) is 2.47. The fourth-order valence-electron chi connectivity index (χ4n) is 0.937. The first-order valence-electron chi connectivity index (χ1n) is 3.78. The van der Waals surface area contributed by atoms with Crippen molar-refractivity contribution >= 4 is 6.08 Å². The maximum Gasteiger partial charge on any atom is 0.122 e. The van der Waals surface area contributed by atoms with Crippen LogP contribution >= 0.6 is 0 Å². The lowest BCUT2D eigenvalue weighted by molar-refractivity contribution is 0.343. The summed E-state index contributed by atoms with van der Waals surface area (Å²) in [6.07, 6.45) is 3.06. The Labute approximate surface area is 76.2 Å². The third-order valence-electron chi connectivity index (χ3n) is 1.56. The third kappa shape index (κ3) is 2.32. The van der Waals surface area contributed by atoms with E-state index in [1.165, 1.54) is 18.2 Å². The smallest absolute Gasteiger partial charge is 0.122 e. The summed E-state index contributed by atoms with van der Waals surface area (Å²) in [7, 11) is 0. The Hall–Kier alpha value is -1.79. The molecule has 13 heavy (non-hydrogen) atoms. The molecule has 0 aliphatic rings. The molecule has 1 aromatic rings. The predicted molar refractivity (Wildman–Crippen MR) is 48.9 cm³/mol. The van der Waals surface area contributed by atoms with Crippen LogP contribution < -0.4 is 0 Å². The molecule has 0 spiro atoms. The third-order valence-corrected chi connectivity index (χ3v) is 1.56. The molecule has 0 unspecified atom stereocenters. The number of nitrogens with zero attached hydrogens (tertiary/aromatic N) is 1. The lowest BCUT2D eigenvalue weighted by Gasteiger charge is -1.98. The van der Waals surface area contributed by atoms with E-state index in [2.05, 4.69) is 0 Å². The summed E-state index contributed by atoms with van der Waals surface area (Å²) >= 11 is 0. The van der Waals surface area contributed by atoms with Gasteiger partial charge in [-0.3, -0.25) is 0 Å². The quantitative estimate of drug-likeness (QED) is 0.711. The molecule has 0 aliphatic carbocycles. The van der Waals surface area contributed by atoms with Crippen molar-refractivity contribution in [1.29, 1.82) is 5.26 Å². The molecule has 2 N–H and O–H groups in total. The molecule has 0 aromatic heterocycles. The Balaban J connectivity index is 3.06. The zero-order chi connectivity index (χ0) is 9.68. The van der Waals surface area contributed by atoms with Gasteiger partial charge in [-0.2, -0.15) is 5.26 Å². The first kappa shape index (κ1) is 9.30. The Morgan fingerprint density at radius 3 is 2.85 bits per heavy atom. The molecule has 3 nitrogen and oxygen atoms in total. The number of hydrogen-bond donors (Lipinski definition) is 2. The van der Waals surface area contributed by atoms with Gasteiger partial charge in [0.05, 0.1) is 18.2 Å². The van der Waals surface area contributed by atoms with Gasteiger partial charge < -0.3 is 10.2 Å². The lowest BCUT2D eigenvalue weighted by Crippen LogP contribution is -1.79. The molecule has 0 amide bonds. The number of rotatable bonds is 2. The zero-order valence-corrected chi connectivity index (χ0v) is 6.94. The normalized spacial score (nSPS) is 10.2. The molecule has 0 heterocycles. The number of nitriles is 1. The van der Waals surface area contributed by atoms with Crippen LogP contribution in [0.5, 0.6) is 5.75 Å². The van der Waals surface area contributed by atoms with Gasteiger partial charge in [-0.15, -0.1) is 0 Å². The molecule has 0 aliphatic heterocycles. The topological polar surface area (TPSA) is 64.2 Å². The predicted octanol–water partition coefficient (Wildman–Crippen LogP) is 1.27. The minimum Gasteiger partial charge on any atom is -0.507 e. The molecule has 0 atom stereocenters. The van der Waals surface area contributed by atoms with Gasteiger partial charge in [0.25, 0.3) is 0 Å². The Morgan fingerprint density at radius 1 is 1.46 bits per heavy atom. The fourth-order valence-corrected chi connectivity index (χ4v) is 0.937. The molecular formula is C10H9NO2. The van der Waals surface area contributed by atoms with Crippen molar-refractivity contribution < 1.29 is 10.2 Å². The highest BCUT2D eigenvalue weighted by molar-refractivity contribution is 5.59. The molecule has 0 bridgehead atoms. The SMILES string of the molecule is N#Cc1ccc(O)c(C=CCO)c1. The maximum absolute atomic E-state index is 9.31. The molecular weight excluding hydrogens is 166 g/mol. The first-order valence-corrected chi connectivity index (χ1v) is 3.78. The van der Waals surface area contributed by atoms with Crippen molar-refractivity contribution in [3.8, 4) is 11.8 Å². The Kier molecular flexibility index (Phi) is 3.07. The van der Waals surface area contributed by atoms with Gasteiger partial charge in [0.15, 0.2) is 0 Å². The van der Waals surface area contributed by atoms with Crippen LogP contribution in [-0.4, -0.2) is 16.8 Å². The van der Waals surface area contributed by atoms with E-state index in [9.17, 15) is 5.11 Å². The summed E-state index contributed by atoms with van der Waals surface area (Å²) < 4.78 is 0. The molecule has 3 heteroatoms. The van der Waals surface area contributed by atoms with Gasteiger partial charge in [-0.25, -0.2) is 0 Å². The van der Waals surface area contributed by atoms with Crippen molar-refractivity contribution in [2.75, 3.05) is 6.61 Å². The summed E-state index contributed by atoms with van der Waals surface area (Å²) in [6.45, 7) is -0.0871. The highest BCUT2D eigenvalue weighted by Crippen LogP contribution is 2.19. The second-order valence-corrected chi connectivity index (χ2v) is 2.47. The molecule has 0 saturated heterocycles. The Morgan fingerprint density at radius 2 is 2.23 bits per heavy atom. The van der Waals surface area contributed by atoms with Crippen LogP contribution in [0, 0.1) is 11.3 Å². The molecule has 1 aromatic carbocycles. The van der Waals surface area contributed by atoms with Crippen LogP contribution in [0.2, 0.25) is 0 Å². The van der Waals surface area contributed by atoms with Gasteiger partial charge >= 0.3 is 0 Å². The highest BCUT2D eigenvalue weighted by atomic mass is 16.3. The summed E-state index contributed by atoms with van der Waals surface area (Å²) in [5, 5.41) is 26.4. The average Bonchev–Trinajstić information content (AvgIpc) is 2.17. The van der Waals surface area contributed by atoms with Crippen LogP contribution in [0.3, 0.4) is 0 Å². The van der Waals surface area contributed by atoms with E-state index in [1.54, 1.807) is 12.1 Å². The summed E-state index contributed by atoms with van der Waals surface area (Å²) in [5.41, 5.74) is 1.02. The molecule has 66 valence electrons. The minimum absolute atomic E-state index is 0.0871. The number of phenols is 1. The van der Waals surface area contributed by atoms with Gasteiger partial charge in [0.1, 0.15) is 5.75 Å². The van der Waals surface area contributed by atoms with Crippen LogP contribution in [0.4, 0.5) is 0 Å².